The van der Waals surface area contributed by atoms with E-state index >= 15 is 0 Å². The molecule has 3 heterocycles. The van der Waals surface area contributed by atoms with Crippen molar-refractivity contribution in [1.29, 1.82) is 0 Å². The van der Waals surface area contributed by atoms with Crippen molar-refractivity contribution in [3.05, 3.63) is 11.1 Å². The van der Waals surface area contributed by atoms with E-state index in [1.165, 1.54) is 38.0 Å². The first-order valence-electron chi connectivity index (χ1n) is 8.84. The van der Waals surface area contributed by atoms with E-state index in [0.717, 1.165) is 37.9 Å². The van der Waals surface area contributed by atoms with Crippen LogP contribution in [0.5, 0.6) is 0 Å². The van der Waals surface area contributed by atoms with Crippen LogP contribution < -0.4 is 4.90 Å². The number of aromatic nitrogens is 1. The molecule has 2 aliphatic heterocycles. The minimum Gasteiger partial charge on any atom is -0.345 e. The fourth-order valence-electron chi connectivity index (χ4n) is 3.34. The predicted molar refractivity (Wildman–Crippen MR) is 94.9 cm³/mol. The van der Waals surface area contributed by atoms with Crippen molar-refractivity contribution in [2.45, 2.75) is 39.7 Å². The van der Waals surface area contributed by atoms with Gasteiger partial charge in [-0.05, 0) is 25.9 Å². The van der Waals surface area contributed by atoms with Crippen LogP contribution in [0.1, 0.15) is 38.8 Å². The van der Waals surface area contributed by atoms with Crippen molar-refractivity contribution < 1.29 is 4.79 Å². The molecule has 1 aromatic rings. The normalized spacial score (nSPS) is 20.3. The molecule has 2 saturated heterocycles. The second-order valence-corrected chi connectivity index (χ2v) is 7.76. The Labute approximate surface area is 143 Å². The van der Waals surface area contributed by atoms with Crippen molar-refractivity contribution in [2.24, 2.45) is 5.92 Å². The van der Waals surface area contributed by atoms with Crippen LogP contribution in [0.3, 0.4) is 0 Å². The average Bonchev–Trinajstić information content (AvgIpc) is 3.03. The number of carbonyl (C=O) groups excluding carboxylic acids is 1. The van der Waals surface area contributed by atoms with E-state index in [2.05, 4.69) is 15.2 Å². The summed E-state index contributed by atoms with van der Waals surface area (Å²) in [7, 11) is 0. The second-order valence-electron chi connectivity index (χ2n) is 6.93. The standard InChI is InChI=1S/C17H28N4OS/c1-14(2)16(22)20-8-10-21(11-9-20)17-18-15(13-23-17)12-19-6-4-3-5-7-19/h13-14H,3-12H2,1-2H3. The summed E-state index contributed by atoms with van der Waals surface area (Å²) >= 11 is 1.75. The minimum absolute atomic E-state index is 0.0950. The Morgan fingerprint density at radius 1 is 1.13 bits per heavy atom. The number of rotatable bonds is 4. The molecule has 2 fully saturated rings. The SMILES string of the molecule is CC(C)C(=O)N1CCN(c2nc(CN3CCCCC3)cs2)CC1. The highest BCUT2D eigenvalue weighted by Crippen LogP contribution is 2.23. The van der Waals surface area contributed by atoms with Crippen LogP contribution in [0, 0.1) is 5.92 Å². The van der Waals surface area contributed by atoms with Crippen LogP contribution in [0.25, 0.3) is 0 Å². The molecule has 0 aromatic carbocycles. The van der Waals surface area contributed by atoms with E-state index < -0.39 is 0 Å². The maximum absolute atomic E-state index is 12.1. The Balaban J connectivity index is 1.52. The summed E-state index contributed by atoms with van der Waals surface area (Å²) in [6.07, 6.45) is 4.02. The number of thiazole rings is 1. The van der Waals surface area contributed by atoms with E-state index in [0.29, 0.717) is 0 Å². The molecule has 0 saturated carbocycles. The van der Waals surface area contributed by atoms with Gasteiger partial charge in [0.05, 0.1) is 5.69 Å². The van der Waals surface area contributed by atoms with E-state index in [1.807, 2.05) is 18.7 Å². The molecule has 1 amide bonds. The molecule has 23 heavy (non-hydrogen) atoms. The third-order valence-corrected chi connectivity index (χ3v) is 5.68. The molecule has 0 N–H and O–H groups in total. The summed E-state index contributed by atoms with van der Waals surface area (Å²) in [6.45, 7) is 10.8. The summed E-state index contributed by atoms with van der Waals surface area (Å²) in [5.74, 6) is 0.368. The number of likely N-dealkylation sites (tertiary alicyclic amines) is 1. The summed E-state index contributed by atoms with van der Waals surface area (Å²) in [5.41, 5.74) is 1.20. The highest BCUT2D eigenvalue weighted by Gasteiger charge is 2.24. The van der Waals surface area contributed by atoms with Gasteiger partial charge in [-0.1, -0.05) is 20.3 Å². The Kier molecular flexibility index (Phi) is 5.54. The van der Waals surface area contributed by atoms with E-state index in [9.17, 15) is 4.79 Å². The number of nitrogens with zero attached hydrogens (tertiary/aromatic N) is 4. The van der Waals surface area contributed by atoms with Gasteiger partial charge in [-0.2, -0.15) is 0 Å². The van der Waals surface area contributed by atoms with Crippen molar-refractivity contribution in [3.8, 4) is 0 Å². The number of piperidine rings is 1. The van der Waals surface area contributed by atoms with Gasteiger partial charge < -0.3 is 9.80 Å². The van der Waals surface area contributed by atoms with Gasteiger partial charge in [0.15, 0.2) is 5.13 Å². The Hall–Kier alpha value is -1.14. The zero-order chi connectivity index (χ0) is 16.2. The van der Waals surface area contributed by atoms with Crippen molar-refractivity contribution in [1.82, 2.24) is 14.8 Å². The van der Waals surface area contributed by atoms with E-state index in [1.54, 1.807) is 11.3 Å². The quantitative estimate of drug-likeness (QED) is 0.847. The molecule has 0 bridgehead atoms. The van der Waals surface area contributed by atoms with Gasteiger partial charge in [-0.3, -0.25) is 9.69 Å². The maximum atomic E-state index is 12.1. The number of anilines is 1. The number of amides is 1. The monoisotopic (exact) mass is 336 g/mol. The third kappa shape index (κ3) is 4.23. The first-order valence-corrected chi connectivity index (χ1v) is 9.72. The van der Waals surface area contributed by atoms with Gasteiger partial charge in [-0.25, -0.2) is 4.98 Å². The molecule has 0 atom stereocenters. The molecular formula is C17H28N4OS. The zero-order valence-electron chi connectivity index (χ0n) is 14.3. The second kappa shape index (κ2) is 7.62. The fourth-order valence-corrected chi connectivity index (χ4v) is 4.21. The lowest BCUT2D eigenvalue weighted by Crippen LogP contribution is -2.49. The zero-order valence-corrected chi connectivity index (χ0v) is 15.1. The lowest BCUT2D eigenvalue weighted by atomic mass is 10.1. The number of carbonyl (C=O) groups is 1. The Morgan fingerprint density at radius 2 is 1.83 bits per heavy atom. The van der Waals surface area contributed by atoms with Crippen LogP contribution in [0.15, 0.2) is 5.38 Å². The topological polar surface area (TPSA) is 39.7 Å². The molecule has 1 aromatic heterocycles. The molecule has 128 valence electrons. The van der Waals surface area contributed by atoms with E-state index in [4.69, 9.17) is 4.98 Å². The largest absolute Gasteiger partial charge is 0.345 e. The van der Waals surface area contributed by atoms with Gasteiger partial charge >= 0.3 is 0 Å². The lowest BCUT2D eigenvalue weighted by molar-refractivity contribution is -0.134. The van der Waals surface area contributed by atoms with Gasteiger partial charge in [0.25, 0.3) is 0 Å². The van der Waals surface area contributed by atoms with Crippen LogP contribution in [0.4, 0.5) is 5.13 Å². The molecular weight excluding hydrogens is 308 g/mol. The predicted octanol–water partition coefficient (Wildman–Crippen LogP) is 2.43. The summed E-state index contributed by atoms with van der Waals surface area (Å²) < 4.78 is 0. The molecule has 2 aliphatic rings. The van der Waals surface area contributed by atoms with Crippen LogP contribution in [0.2, 0.25) is 0 Å². The average molecular weight is 337 g/mol. The van der Waals surface area contributed by atoms with Crippen LogP contribution in [-0.4, -0.2) is 60.0 Å². The summed E-state index contributed by atoms with van der Waals surface area (Å²) in [5, 5.41) is 3.32. The lowest BCUT2D eigenvalue weighted by Gasteiger charge is -2.35. The van der Waals surface area contributed by atoms with Crippen molar-refractivity contribution >= 4 is 22.4 Å². The molecule has 0 spiro atoms. The first-order chi connectivity index (χ1) is 11.1. The number of piperazine rings is 1. The minimum atomic E-state index is 0.0950. The van der Waals surface area contributed by atoms with Gasteiger partial charge in [0.1, 0.15) is 0 Å². The first kappa shape index (κ1) is 16.7. The van der Waals surface area contributed by atoms with Gasteiger partial charge in [0, 0.05) is 44.0 Å². The molecule has 0 radical (unpaired) electrons. The molecule has 3 rings (SSSR count). The van der Waals surface area contributed by atoms with Crippen molar-refractivity contribution in [2.75, 3.05) is 44.2 Å². The van der Waals surface area contributed by atoms with E-state index in [-0.39, 0.29) is 11.8 Å². The third-order valence-electron chi connectivity index (χ3n) is 4.73. The maximum Gasteiger partial charge on any atom is 0.225 e. The Morgan fingerprint density at radius 3 is 2.48 bits per heavy atom. The molecule has 0 unspecified atom stereocenters. The van der Waals surface area contributed by atoms with Gasteiger partial charge in [0.2, 0.25) is 5.91 Å². The van der Waals surface area contributed by atoms with Gasteiger partial charge in [-0.15, -0.1) is 11.3 Å². The fraction of sp³-hybridized carbons (Fsp3) is 0.765. The number of hydrogen-bond acceptors (Lipinski definition) is 5. The summed E-state index contributed by atoms with van der Waals surface area (Å²) in [4.78, 5) is 23.7. The highest BCUT2D eigenvalue weighted by molar-refractivity contribution is 7.13. The van der Waals surface area contributed by atoms with Crippen molar-refractivity contribution in [3.63, 3.8) is 0 Å². The molecule has 5 nitrogen and oxygen atoms in total. The van der Waals surface area contributed by atoms with Crippen LogP contribution in [-0.2, 0) is 11.3 Å². The smallest absolute Gasteiger partial charge is 0.225 e. The Bertz CT molecular complexity index is 516. The summed E-state index contributed by atoms with van der Waals surface area (Å²) in [6, 6.07) is 0. The molecule has 0 aliphatic carbocycles. The highest BCUT2D eigenvalue weighted by atomic mass is 32.1. The molecule has 6 heteroatoms. The van der Waals surface area contributed by atoms with Crippen LogP contribution >= 0.6 is 11.3 Å². The number of hydrogen-bond donors (Lipinski definition) is 0.